The molecular formula is C19H21NO6. The molecule has 1 saturated heterocycles. The van der Waals surface area contributed by atoms with Gasteiger partial charge in [-0.25, -0.2) is 4.79 Å². The molecule has 1 fully saturated rings. The molecule has 1 amide bonds. The SMILES string of the molecule is COc1ccccc1C(OC(=O)c1ccco1)C(=O)NCC1CCCO1. The maximum absolute atomic E-state index is 12.7. The molecule has 2 aromatic rings. The molecule has 0 saturated carbocycles. The van der Waals surface area contributed by atoms with Crippen molar-refractivity contribution in [1.82, 2.24) is 5.32 Å². The maximum Gasteiger partial charge on any atom is 0.375 e. The first-order valence-corrected chi connectivity index (χ1v) is 8.45. The quantitative estimate of drug-likeness (QED) is 0.764. The van der Waals surface area contributed by atoms with Crippen LogP contribution >= 0.6 is 0 Å². The van der Waals surface area contributed by atoms with Crippen LogP contribution in [0.25, 0.3) is 0 Å². The lowest BCUT2D eigenvalue weighted by atomic mass is 10.1. The predicted octanol–water partition coefficient (Wildman–Crippen LogP) is 2.48. The van der Waals surface area contributed by atoms with Gasteiger partial charge in [0.2, 0.25) is 11.9 Å². The summed E-state index contributed by atoms with van der Waals surface area (Å²) >= 11 is 0. The molecule has 7 heteroatoms. The number of methoxy groups -OCH3 is 1. The highest BCUT2D eigenvalue weighted by Crippen LogP contribution is 2.28. The van der Waals surface area contributed by atoms with E-state index in [1.165, 1.54) is 19.4 Å². The Kier molecular flexibility index (Phi) is 5.91. The van der Waals surface area contributed by atoms with E-state index >= 15 is 0 Å². The average Bonchev–Trinajstić information content (AvgIpc) is 3.38. The van der Waals surface area contributed by atoms with E-state index in [0.717, 1.165) is 12.8 Å². The van der Waals surface area contributed by atoms with Gasteiger partial charge in [-0.05, 0) is 31.0 Å². The number of carbonyl (C=O) groups excluding carboxylic acids is 2. The van der Waals surface area contributed by atoms with Gasteiger partial charge in [0, 0.05) is 18.7 Å². The van der Waals surface area contributed by atoms with Crippen molar-refractivity contribution in [3.63, 3.8) is 0 Å². The summed E-state index contributed by atoms with van der Waals surface area (Å²) in [5, 5.41) is 2.80. The fourth-order valence-corrected chi connectivity index (χ4v) is 2.81. The average molecular weight is 359 g/mol. The molecule has 0 radical (unpaired) electrons. The van der Waals surface area contributed by atoms with Crippen LogP contribution in [0.5, 0.6) is 5.75 Å². The molecule has 138 valence electrons. The Hall–Kier alpha value is -2.80. The Balaban J connectivity index is 1.78. The summed E-state index contributed by atoms with van der Waals surface area (Å²) in [6.07, 6.45) is 2.06. The number of benzene rings is 1. The van der Waals surface area contributed by atoms with Crippen LogP contribution in [0.1, 0.15) is 35.1 Å². The third-order valence-corrected chi connectivity index (χ3v) is 4.13. The molecule has 1 aliphatic heterocycles. The van der Waals surface area contributed by atoms with Crippen LogP contribution in [0.4, 0.5) is 0 Å². The minimum atomic E-state index is -1.16. The standard InChI is InChI=1S/C19H21NO6/c1-23-15-8-3-2-7-14(15)17(26-19(22)16-9-5-11-25-16)18(21)20-12-13-6-4-10-24-13/h2-3,5,7-9,11,13,17H,4,6,10,12H2,1H3,(H,20,21). The predicted molar refractivity (Wildman–Crippen MR) is 91.8 cm³/mol. The zero-order valence-electron chi connectivity index (χ0n) is 14.5. The number of para-hydroxylation sites is 1. The zero-order chi connectivity index (χ0) is 18.4. The van der Waals surface area contributed by atoms with E-state index in [-0.39, 0.29) is 11.9 Å². The Bertz CT molecular complexity index is 736. The second-order valence-electron chi connectivity index (χ2n) is 5.88. The number of hydrogen-bond donors (Lipinski definition) is 1. The summed E-state index contributed by atoms with van der Waals surface area (Å²) in [4.78, 5) is 25.0. The van der Waals surface area contributed by atoms with Gasteiger partial charge < -0.3 is 23.9 Å². The lowest BCUT2D eigenvalue weighted by molar-refractivity contribution is -0.131. The Morgan fingerprint density at radius 1 is 1.27 bits per heavy atom. The molecule has 3 rings (SSSR count). The van der Waals surface area contributed by atoms with E-state index in [0.29, 0.717) is 24.5 Å². The van der Waals surface area contributed by atoms with Gasteiger partial charge in [-0.2, -0.15) is 0 Å². The fourth-order valence-electron chi connectivity index (χ4n) is 2.81. The lowest BCUT2D eigenvalue weighted by Crippen LogP contribution is -2.37. The van der Waals surface area contributed by atoms with E-state index in [4.69, 9.17) is 18.6 Å². The normalized spacial score (nSPS) is 17.5. The number of esters is 1. The third kappa shape index (κ3) is 4.23. The highest BCUT2D eigenvalue weighted by atomic mass is 16.6. The largest absolute Gasteiger partial charge is 0.496 e. The second-order valence-corrected chi connectivity index (χ2v) is 5.88. The van der Waals surface area contributed by atoms with Gasteiger partial charge in [-0.15, -0.1) is 0 Å². The van der Waals surface area contributed by atoms with Gasteiger partial charge in [0.1, 0.15) is 5.75 Å². The number of hydrogen-bond acceptors (Lipinski definition) is 6. The van der Waals surface area contributed by atoms with Gasteiger partial charge in [-0.1, -0.05) is 18.2 Å². The Labute approximate surface area is 151 Å². The molecule has 0 spiro atoms. The smallest absolute Gasteiger partial charge is 0.375 e. The molecule has 1 N–H and O–H groups in total. The second kappa shape index (κ2) is 8.53. The molecule has 1 aliphatic rings. The molecular weight excluding hydrogens is 338 g/mol. The monoisotopic (exact) mass is 359 g/mol. The third-order valence-electron chi connectivity index (χ3n) is 4.13. The van der Waals surface area contributed by atoms with Crippen LogP contribution < -0.4 is 10.1 Å². The van der Waals surface area contributed by atoms with E-state index in [1.807, 2.05) is 0 Å². The van der Waals surface area contributed by atoms with Crippen molar-refractivity contribution in [1.29, 1.82) is 0 Å². The van der Waals surface area contributed by atoms with Crippen molar-refractivity contribution >= 4 is 11.9 Å². The molecule has 2 heterocycles. The van der Waals surface area contributed by atoms with Crippen LogP contribution in [-0.4, -0.2) is 38.2 Å². The molecule has 26 heavy (non-hydrogen) atoms. The first-order valence-electron chi connectivity index (χ1n) is 8.45. The van der Waals surface area contributed by atoms with Crippen molar-refractivity contribution in [2.75, 3.05) is 20.3 Å². The number of carbonyl (C=O) groups is 2. The Morgan fingerprint density at radius 2 is 2.12 bits per heavy atom. The molecule has 2 unspecified atom stereocenters. The minimum Gasteiger partial charge on any atom is -0.496 e. The highest BCUT2D eigenvalue weighted by Gasteiger charge is 2.30. The molecule has 2 atom stereocenters. The van der Waals surface area contributed by atoms with Crippen LogP contribution in [0.2, 0.25) is 0 Å². The molecule has 1 aromatic carbocycles. The number of amides is 1. The lowest BCUT2D eigenvalue weighted by Gasteiger charge is -2.20. The first kappa shape index (κ1) is 18.0. The first-order chi connectivity index (χ1) is 12.7. The van der Waals surface area contributed by atoms with Gasteiger partial charge >= 0.3 is 5.97 Å². The van der Waals surface area contributed by atoms with Crippen molar-refractivity contribution in [2.45, 2.75) is 25.0 Å². The van der Waals surface area contributed by atoms with Crippen molar-refractivity contribution in [3.8, 4) is 5.75 Å². The summed E-state index contributed by atoms with van der Waals surface area (Å²) in [6, 6.07) is 9.97. The summed E-state index contributed by atoms with van der Waals surface area (Å²) in [6.45, 7) is 1.06. The number of rotatable bonds is 7. The van der Waals surface area contributed by atoms with Crippen molar-refractivity contribution in [2.24, 2.45) is 0 Å². The number of ether oxygens (including phenoxy) is 3. The van der Waals surface area contributed by atoms with E-state index in [2.05, 4.69) is 5.32 Å². The Morgan fingerprint density at radius 3 is 2.81 bits per heavy atom. The van der Waals surface area contributed by atoms with Crippen LogP contribution in [0.3, 0.4) is 0 Å². The summed E-state index contributed by atoms with van der Waals surface area (Å²) in [5.74, 6) is -0.683. The number of furan rings is 1. The van der Waals surface area contributed by atoms with E-state index in [9.17, 15) is 9.59 Å². The summed E-state index contributed by atoms with van der Waals surface area (Å²) < 4.78 is 21.3. The highest BCUT2D eigenvalue weighted by molar-refractivity contribution is 5.91. The minimum absolute atomic E-state index is 0.0157. The van der Waals surface area contributed by atoms with Crippen LogP contribution in [0.15, 0.2) is 47.1 Å². The van der Waals surface area contributed by atoms with Crippen molar-refractivity contribution < 1.29 is 28.2 Å². The fraction of sp³-hybridized carbons (Fsp3) is 0.368. The van der Waals surface area contributed by atoms with Crippen LogP contribution in [0, 0.1) is 0 Å². The van der Waals surface area contributed by atoms with Crippen molar-refractivity contribution in [3.05, 3.63) is 54.0 Å². The molecule has 7 nitrogen and oxygen atoms in total. The van der Waals surface area contributed by atoms with E-state index in [1.54, 1.807) is 30.3 Å². The summed E-state index contributed by atoms with van der Waals surface area (Å²) in [7, 11) is 1.49. The maximum atomic E-state index is 12.7. The van der Waals surface area contributed by atoms with E-state index < -0.39 is 18.0 Å². The topological polar surface area (TPSA) is 87.0 Å². The number of nitrogens with one attached hydrogen (secondary N) is 1. The van der Waals surface area contributed by atoms with Gasteiger partial charge in [-0.3, -0.25) is 4.79 Å². The molecule has 0 aliphatic carbocycles. The van der Waals surface area contributed by atoms with Gasteiger partial charge in [0.15, 0.2) is 0 Å². The summed E-state index contributed by atoms with van der Waals surface area (Å²) in [5.41, 5.74) is 0.458. The van der Waals surface area contributed by atoms with Crippen LogP contribution in [-0.2, 0) is 14.3 Å². The molecule has 1 aromatic heterocycles. The van der Waals surface area contributed by atoms with Gasteiger partial charge in [0.25, 0.3) is 5.91 Å². The zero-order valence-corrected chi connectivity index (χ0v) is 14.5. The molecule has 0 bridgehead atoms. The van der Waals surface area contributed by atoms with Gasteiger partial charge in [0.05, 0.1) is 19.5 Å².